The van der Waals surface area contributed by atoms with Gasteiger partial charge in [0.05, 0.1) is 18.8 Å². The van der Waals surface area contributed by atoms with Crippen molar-refractivity contribution in [3.05, 3.63) is 35.4 Å². The second kappa shape index (κ2) is 6.06. The van der Waals surface area contributed by atoms with Gasteiger partial charge in [-0.3, -0.25) is 5.32 Å². The van der Waals surface area contributed by atoms with Crippen molar-refractivity contribution in [3.63, 3.8) is 0 Å². The van der Waals surface area contributed by atoms with Crippen molar-refractivity contribution in [2.75, 3.05) is 19.0 Å². The Morgan fingerprint density at radius 3 is 2.72 bits per heavy atom. The van der Waals surface area contributed by atoms with Crippen LogP contribution < -0.4 is 5.32 Å². The molecule has 0 bridgehead atoms. The molecular formula is C14H21NO2S. The zero-order chi connectivity index (χ0) is 13.0. The molecule has 0 aliphatic carbocycles. The maximum Gasteiger partial charge on any atom is 0.0650 e. The molecule has 18 heavy (non-hydrogen) atoms. The van der Waals surface area contributed by atoms with Gasteiger partial charge in [0, 0.05) is 17.5 Å². The van der Waals surface area contributed by atoms with Gasteiger partial charge in [-0.05, 0) is 17.5 Å². The summed E-state index contributed by atoms with van der Waals surface area (Å²) in [5.41, 5.74) is 2.08. The molecule has 1 atom stereocenters. The standard InChI is InChI=1S/C14H21NO2S/c1-2-14(9-16,10-17)15-13-8-18-7-11-5-3-4-6-12(11)13/h3-6,13,15-17H,2,7-10H2,1H3. The van der Waals surface area contributed by atoms with Crippen LogP contribution in [0, 0.1) is 0 Å². The summed E-state index contributed by atoms with van der Waals surface area (Å²) in [6.07, 6.45) is 0.712. The number of thioether (sulfide) groups is 1. The minimum Gasteiger partial charge on any atom is -0.394 e. The third kappa shape index (κ3) is 2.72. The van der Waals surface area contributed by atoms with E-state index in [-0.39, 0.29) is 19.3 Å². The molecule has 2 rings (SSSR count). The van der Waals surface area contributed by atoms with Crippen molar-refractivity contribution >= 4 is 11.8 Å². The Balaban J connectivity index is 2.20. The number of rotatable bonds is 5. The van der Waals surface area contributed by atoms with Crippen LogP contribution in [0.5, 0.6) is 0 Å². The first-order valence-electron chi connectivity index (χ1n) is 6.39. The van der Waals surface area contributed by atoms with Gasteiger partial charge < -0.3 is 10.2 Å². The summed E-state index contributed by atoms with van der Waals surface area (Å²) in [6.45, 7) is 1.91. The molecular weight excluding hydrogens is 246 g/mol. The second-order valence-corrected chi connectivity index (χ2v) is 5.89. The van der Waals surface area contributed by atoms with E-state index < -0.39 is 5.54 Å². The van der Waals surface area contributed by atoms with Crippen molar-refractivity contribution < 1.29 is 10.2 Å². The van der Waals surface area contributed by atoms with Gasteiger partial charge in [0.15, 0.2) is 0 Å². The molecule has 0 fully saturated rings. The minimum atomic E-state index is -0.574. The summed E-state index contributed by atoms with van der Waals surface area (Å²) in [5, 5.41) is 22.5. The highest BCUT2D eigenvalue weighted by molar-refractivity contribution is 7.98. The Morgan fingerprint density at radius 1 is 1.33 bits per heavy atom. The van der Waals surface area contributed by atoms with E-state index in [1.165, 1.54) is 11.1 Å². The molecule has 0 amide bonds. The van der Waals surface area contributed by atoms with Crippen LogP contribution in [-0.2, 0) is 5.75 Å². The fourth-order valence-electron chi connectivity index (χ4n) is 2.34. The number of aliphatic hydroxyl groups excluding tert-OH is 2. The van der Waals surface area contributed by atoms with E-state index in [9.17, 15) is 10.2 Å². The van der Waals surface area contributed by atoms with Gasteiger partial charge in [0.2, 0.25) is 0 Å². The number of fused-ring (bicyclic) bond motifs is 1. The predicted molar refractivity (Wildman–Crippen MR) is 75.7 cm³/mol. The molecule has 1 aliphatic heterocycles. The molecule has 4 heteroatoms. The maximum atomic E-state index is 9.53. The van der Waals surface area contributed by atoms with Gasteiger partial charge in [-0.15, -0.1) is 0 Å². The number of hydrogen-bond acceptors (Lipinski definition) is 4. The number of aliphatic hydroxyl groups is 2. The molecule has 100 valence electrons. The molecule has 3 N–H and O–H groups in total. The van der Waals surface area contributed by atoms with Crippen molar-refractivity contribution in [3.8, 4) is 0 Å². The van der Waals surface area contributed by atoms with Crippen LogP contribution in [0.2, 0.25) is 0 Å². The average molecular weight is 267 g/mol. The number of nitrogens with one attached hydrogen (secondary N) is 1. The van der Waals surface area contributed by atoms with Gasteiger partial charge in [-0.2, -0.15) is 11.8 Å². The highest BCUT2D eigenvalue weighted by Gasteiger charge is 2.31. The summed E-state index contributed by atoms with van der Waals surface area (Å²) in [4.78, 5) is 0. The first-order valence-corrected chi connectivity index (χ1v) is 7.55. The van der Waals surface area contributed by atoms with Crippen molar-refractivity contribution in [2.24, 2.45) is 0 Å². The lowest BCUT2D eigenvalue weighted by Crippen LogP contribution is -2.53. The Bertz CT molecular complexity index is 385. The third-order valence-corrected chi connectivity index (χ3v) is 4.82. The first-order chi connectivity index (χ1) is 8.74. The molecule has 0 spiro atoms. The Morgan fingerprint density at radius 2 is 2.06 bits per heavy atom. The van der Waals surface area contributed by atoms with E-state index >= 15 is 0 Å². The lowest BCUT2D eigenvalue weighted by Gasteiger charge is -2.37. The molecule has 0 saturated heterocycles. The summed E-state index contributed by atoms with van der Waals surface area (Å²) in [6, 6.07) is 8.62. The highest BCUT2D eigenvalue weighted by Crippen LogP contribution is 2.33. The van der Waals surface area contributed by atoms with Crippen LogP contribution in [0.25, 0.3) is 0 Å². The van der Waals surface area contributed by atoms with Crippen molar-refractivity contribution in [2.45, 2.75) is 30.7 Å². The summed E-state index contributed by atoms with van der Waals surface area (Å²) in [7, 11) is 0. The van der Waals surface area contributed by atoms with E-state index in [0.717, 1.165) is 11.5 Å². The monoisotopic (exact) mass is 267 g/mol. The SMILES string of the molecule is CCC(CO)(CO)NC1CSCc2ccccc21. The Kier molecular flexibility index (Phi) is 4.67. The summed E-state index contributed by atoms with van der Waals surface area (Å²) < 4.78 is 0. The van der Waals surface area contributed by atoms with Crippen molar-refractivity contribution in [1.82, 2.24) is 5.32 Å². The van der Waals surface area contributed by atoms with Crippen LogP contribution in [0.15, 0.2) is 24.3 Å². The van der Waals surface area contributed by atoms with Crippen LogP contribution in [0.3, 0.4) is 0 Å². The summed E-state index contributed by atoms with van der Waals surface area (Å²) >= 11 is 1.89. The largest absolute Gasteiger partial charge is 0.394 e. The molecule has 0 aromatic heterocycles. The maximum absolute atomic E-state index is 9.53. The van der Waals surface area contributed by atoms with E-state index in [0.29, 0.717) is 6.42 Å². The number of hydrogen-bond donors (Lipinski definition) is 3. The van der Waals surface area contributed by atoms with Crippen LogP contribution in [-0.4, -0.2) is 34.7 Å². The smallest absolute Gasteiger partial charge is 0.0650 e. The van der Waals surface area contributed by atoms with Crippen LogP contribution in [0.1, 0.15) is 30.5 Å². The van der Waals surface area contributed by atoms with Gasteiger partial charge in [-0.25, -0.2) is 0 Å². The first kappa shape index (κ1) is 13.9. The Labute approximate surface area is 113 Å². The molecule has 1 aliphatic rings. The molecule has 1 aromatic rings. The van der Waals surface area contributed by atoms with Crippen LogP contribution in [0.4, 0.5) is 0 Å². The second-order valence-electron chi connectivity index (χ2n) is 4.86. The molecule has 1 unspecified atom stereocenters. The van der Waals surface area contributed by atoms with Gasteiger partial charge in [0.1, 0.15) is 0 Å². The lowest BCUT2D eigenvalue weighted by molar-refractivity contribution is 0.0796. The molecule has 3 nitrogen and oxygen atoms in total. The predicted octanol–water partition coefficient (Wildman–Crippen LogP) is 1.70. The quantitative estimate of drug-likeness (QED) is 0.760. The van der Waals surface area contributed by atoms with Gasteiger partial charge >= 0.3 is 0 Å². The van der Waals surface area contributed by atoms with Crippen LogP contribution >= 0.6 is 11.8 Å². The zero-order valence-corrected chi connectivity index (χ0v) is 11.5. The number of benzene rings is 1. The van der Waals surface area contributed by atoms with E-state index in [2.05, 4.69) is 29.6 Å². The van der Waals surface area contributed by atoms with E-state index in [1.54, 1.807) is 0 Å². The molecule has 1 heterocycles. The minimum absolute atomic E-state index is 0.0384. The zero-order valence-electron chi connectivity index (χ0n) is 10.7. The fourth-order valence-corrected chi connectivity index (χ4v) is 3.44. The third-order valence-electron chi connectivity index (χ3n) is 3.74. The Hall–Kier alpha value is -0.550. The molecule has 0 radical (unpaired) electrons. The summed E-state index contributed by atoms with van der Waals surface area (Å²) in [5.74, 6) is 2.03. The lowest BCUT2D eigenvalue weighted by atomic mass is 9.94. The van der Waals surface area contributed by atoms with Gasteiger partial charge in [0.25, 0.3) is 0 Å². The van der Waals surface area contributed by atoms with E-state index in [1.807, 2.05) is 18.7 Å². The van der Waals surface area contributed by atoms with Crippen molar-refractivity contribution in [1.29, 1.82) is 0 Å². The molecule has 1 aromatic carbocycles. The average Bonchev–Trinajstić information content (AvgIpc) is 2.45. The van der Waals surface area contributed by atoms with Gasteiger partial charge in [-0.1, -0.05) is 31.2 Å². The normalized spacial score (nSPS) is 19.6. The topological polar surface area (TPSA) is 52.5 Å². The van der Waals surface area contributed by atoms with E-state index in [4.69, 9.17) is 0 Å². The highest BCUT2D eigenvalue weighted by atomic mass is 32.2. The molecule has 0 saturated carbocycles. The fraction of sp³-hybridized carbons (Fsp3) is 0.571.